The number of aromatic hydroxyl groups is 1. The number of halogens is 1. The predicted octanol–water partition coefficient (Wildman–Crippen LogP) is 3.86. The molecule has 3 nitrogen and oxygen atoms in total. The third-order valence-electron chi connectivity index (χ3n) is 2.76. The molecule has 0 aliphatic heterocycles. The highest BCUT2D eigenvalue weighted by Gasteiger charge is 2.07. The van der Waals surface area contributed by atoms with E-state index < -0.39 is 5.82 Å². The van der Waals surface area contributed by atoms with Gasteiger partial charge in [0.05, 0.1) is 0 Å². The Kier molecular flexibility index (Phi) is 2.83. The molecule has 1 heterocycles. The molecular weight excluding hydrogens is 247 g/mol. The molecule has 4 heteroatoms. The van der Waals surface area contributed by atoms with Gasteiger partial charge in [0, 0.05) is 11.5 Å². The van der Waals surface area contributed by atoms with E-state index in [4.69, 9.17) is 9.15 Å². The Labute approximate surface area is 108 Å². The van der Waals surface area contributed by atoms with E-state index in [9.17, 15) is 9.50 Å². The number of furan rings is 1. The standard InChI is InChI=1S/C15H11FO3/c16-13-3-1-2-4-14(13)18-9-12-7-10-5-6-11(17)8-15(10)19-12/h1-8,17H,9H2. The van der Waals surface area contributed by atoms with Gasteiger partial charge >= 0.3 is 0 Å². The van der Waals surface area contributed by atoms with E-state index in [2.05, 4.69) is 0 Å². The zero-order chi connectivity index (χ0) is 13.2. The molecule has 0 fully saturated rings. The number of rotatable bonds is 3. The topological polar surface area (TPSA) is 42.6 Å². The van der Waals surface area contributed by atoms with Crippen LogP contribution in [-0.2, 0) is 6.61 Å². The molecule has 0 radical (unpaired) electrons. The van der Waals surface area contributed by atoms with Gasteiger partial charge in [-0.1, -0.05) is 12.1 Å². The van der Waals surface area contributed by atoms with Crippen LogP contribution in [-0.4, -0.2) is 5.11 Å². The molecule has 96 valence electrons. The zero-order valence-electron chi connectivity index (χ0n) is 9.97. The Bertz CT molecular complexity index is 718. The Morgan fingerprint density at radius 1 is 1.11 bits per heavy atom. The lowest BCUT2D eigenvalue weighted by molar-refractivity contribution is 0.262. The minimum Gasteiger partial charge on any atom is -0.508 e. The highest BCUT2D eigenvalue weighted by Crippen LogP contribution is 2.25. The summed E-state index contributed by atoms with van der Waals surface area (Å²) in [6.07, 6.45) is 0. The molecule has 3 aromatic rings. The summed E-state index contributed by atoms with van der Waals surface area (Å²) in [5.41, 5.74) is 0.576. The van der Waals surface area contributed by atoms with Gasteiger partial charge in [-0.05, 0) is 30.3 Å². The van der Waals surface area contributed by atoms with Crippen LogP contribution in [0.15, 0.2) is 52.9 Å². The largest absolute Gasteiger partial charge is 0.508 e. The molecule has 0 saturated carbocycles. The lowest BCUT2D eigenvalue weighted by atomic mass is 10.2. The first-order valence-electron chi connectivity index (χ1n) is 5.81. The van der Waals surface area contributed by atoms with Crippen LogP contribution in [0.4, 0.5) is 4.39 Å². The van der Waals surface area contributed by atoms with Crippen LogP contribution in [0.3, 0.4) is 0 Å². The number of benzene rings is 2. The van der Waals surface area contributed by atoms with Crippen LogP contribution < -0.4 is 4.74 Å². The molecule has 0 saturated heterocycles. The minimum absolute atomic E-state index is 0.135. The maximum absolute atomic E-state index is 13.4. The Morgan fingerprint density at radius 2 is 1.95 bits per heavy atom. The van der Waals surface area contributed by atoms with E-state index in [-0.39, 0.29) is 18.1 Å². The van der Waals surface area contributed by atoms with Crippen molar-refractivity contribution < 1.29 is 18.7 Å². The number of hydrogen-bond acceptors (Lipinski definition) is 3. The average molecular weight is 258 g/mol. The minimum atomic E-state index is -0.406. The summed E-state index contributed by atoms with van der Waals surface area (Å²) in [6, 6.07) is 12.9. The summed E-state index contributed by atoms with van der Waals surface area (Å²) < 4.78 is 24.2. The summed E-state index contributed by atoms with van der Waals surface area (Å²) in [5.74, 6) is 0.495. The Morgan fingerprint density at radius 3 is 2.79 bits per heavy atom. The van der Waals surface area contributed by atoms with Gasteiger partial charge in [-0.15, -0.1) is 0 Å². The fourth-order valence-corrected chi connectivity index (χ4v) is 1.86. The maximum atomic E-state index is 13.4. The molecule has 2 aromatic carbocycles. The van der Waals surface area contributed by atoms with Gasteiger partial charge in [0.15, 0.2) is 11.6 Å². The van der Waals surface area contributed by atoms with Crippen molar-refractivity contribution in [2.24, 2.45) is 0 Å². The molecule has 3 rings (SSSR count). The third-order valence-corrected chi connectivity index (χ3v) is 2.76. The maximum Gasteiger partial charge on any atom is 0.165 e. The fourth-order valence-electron chi connectivity index (χ4n) is 1.86. The van der Waals surface area contributed by atoms with Gasteiger partial charge in [-0.3, -0.25) is 0 Å². The first kappa shape index (κ1) is 11.6. The van der Waals surface area contributed by atoms with Crippen LogP contribution in [0.2, 0.25) is 0 Å². The van der Waals surface area contributed by atoms with Gasteiger partial charge in [-0.2, -0.15) is 0 Å². The molecule has 1 aromatic heterocycles. The normalized spacial score (nSPS) is 10.8. The zero-order valence-corrected chi connectivity index (χ0v) is 9.97. The summed E-state index contributed by atoms with van der Waals surface area (Å²) in [6.45, 7) is 0.135. The highest BCUT2D eigenvalue weighted by molar-refractivity contribution is 5.79. The molecule has 0 amide bonds. The molecular formula is C15H11FO3. The van der Waals surface area contributed by atoms with Crippen molar-refractivity contribution in [3.63, 3.8) is 0 Å². The van der Waals surface area contributed by atoms with E-state index in [1.165, 1.54) is 12.1 Å². The van der Waals surface area contributed by atoms with Gasteiger partial charge in [0.25, 0.3) is 0 Å². The molecule has 0 bridgehead atoms. The van der Waals surface area contributed by atoms with Crippen molar-refractivity contribution in [1.29, 1.82) is 0 Å². The first-order chi connectivity index (χ1) is 9.22. The van der Waals surface area contributed by atoms with Crippen molar-refractivity contribution in [3.8, 4) is 11.5 Å². The molecule has 0 spiro atoms. The number of phenols is 1. The first-order valence-corrected chi connectivity index (χ1v) is 5.81. The molecule has 0 aliphatic carbocycles. The second-order valence-electron chi connectivity index (χ2n) is 4.15. The summed E-state index contributed by atoms with van der Waals surface area (Å²) in [5, 5.41) is 10.2. The van der Waals surface area contributed by atoms with Crippen molar-refractivity contribution in [2.75, 3.05) is 0 Å². The smallest absolute Gasteiger partial charge is 0.165 e. The van der Waals surface area contributed by atoms with Crippen LogP contribution >= 0.6 is 0 Å². The van der Waals surface area contributed by atoms with E-state index >= 15 is 0 Å². The second kappa shape index (κ2) is 4.65. The van der Waals surface area contributed by atoms with Crippen molar-refractivity contribution in [1.82, 2.24) is 0 Å². The van der Waals surface area contributed by atoms with Gasteiger partial charge in [0.1, 0.15) is 23.7 Å². The van der Waals surface area contributed by atoms with E-state index in [1.54, 1.807) is 36.4 Å². The van der Waals surface area contributed by atoms with E-state index in [0.717, 1.165) is 5.39 Å². The highest BCUT2D eigenvalue weighted by atomic mass is 19.1. The summed E-state index contributed by atoms with van der Waals surface area (Å²) in [4.78, 5) is 0. The van der Waals surface area contributed by atoms with Crippen LogP contribution in [0, 0.1) is 5.82 Å². The molecule has 19 heavy (non-hydrogen) atoms. The van der Waals surface area contributed by atoms with Crippen LogP contribution in [0.5, 0.6) is 11.5 Å². The van der Waals surface area contributed by atoms with Crippen LogP contribution in [0.25, 0.3) is 11.0 Å². The lowest BCUT2D eigenvalue weighted by Crippen LogP contribution is -1.95. The molecule has 0 aliphatic rings. The predicted molar refractivity (Wildman–Crippen MR) is 68.6 cm³/mol. The van der Waals surface area contributed by atoms with E-state index in [0.29, 0.717) is 11.3 Å². The third kappa shape index (κ3) is 2.38. The number of phenolic OH excluding ortho intramolecular Hbond substituents is 1. The number of fused-ring (bicyclic) bond motifs is 1. The molecule has 0 unspecified atom stereocenters. The summed E-state index contributed by atoms with van der Waals surface area (Å²) in [7, 11) is 0. The van der Waals surface area contributed by atoms with Gasteiger partial charge in [-0.25, -0.2) is 4.39 Å². The van der Waals surface area contributed by atoms with Crippen molar-refractivity contribution in [3.05, 3.63) is 60.1 Å². The number of para-hydroxylation sites is 1. The Balaban J connectivity index is 1.80. The van der Waals surface area contributed by atoms with Crippen LogP contribution in [0.1, 0.15) is 5.76 Å². The van der Waals surface area contributed by atoms with Crippen molar-refractivity contribution >= 4 is 11.0 Å². The van der Waals surface area contributed by atoms with Crippen molar-refractivity contribution in [2.45, 2.75) is 6.61 Å². The number of hydrogen-bond donors (Lipinski definition) is 1. The molecule has 0 atom stereocenters. The monoisotopic (exact) mass is 258 g/mol. The SMILES string of the molecule is Oc1ccc2cc(COc3ccccc3F)oc2c1. The molecule has 1 N–H and O–H groups in total. The van der Waals surface area contributed by atoms with E-state index in [1.807, 2.05) is 0 Å². The Hall–Kier alpha value is -2.49. The van der Waals surface area contributed by atoms with Gasteiger partial charge < -0.3 is 14.3 Å². The quantitative estimate of drug-likeness (QED) is 0.775. The fraction of sp³-hybridized carbons (Fsp3) is 0.0667. The number of ether oxygens (including phenoxy) is 1. The average Bonchev–Trinajstić information content (AvgIpc) is 2.79. The lowest BCUT2D eigenvalue weighted by Gasteiger charge is -2.04. The second-order valence-corrected chi connectivity index (χ2v) is 4.15. The summed E-state index contributed by atoms with van der Waals surface area (Å²) >= 11 is 0. The van der Waals surface area contributed by atoms with Gasteiger partial charge in [0.2, 0.25) is 0 Å².